The zero-order chi connectivity index (χ0) is 14.3. The molecule has 20 heavy (non-hydrogen) atoms. The normalized spacial score (nSPS) is 10.9. The number of fused-ring (bicyclic) bond motifs is 1. The molecule has 0 unspecified atom stereocenters. The van der Waals surface area contributed by atoms with Crippen molar-refractivity contribution in [3.05, 3.63) is 58.3 Å². The molecule has 4 nitrogen and oxygen atoms in total. The molecule has 0 bridgehead atoms. The maximum absolute atomic E-state index is 11.0. The summed E-state index contributed by atoms with van der Waals surface area (Å²) >= 11 is 3.55. The van der Waals surface area contributed by atoms with Gasteiger partial charge in [-0.2, -0.15) is 0 Å². The summed E-state index contributed by atoms with van der Waals surface area (Å²) in [5, 5.41) is 9.00. The SMILES string of the molecule is Cc1ccc(-n2cnc3cc(C(=O)O)ccc32)c(Br)c1. The van der Waals surface area contributed by atoms with Gasteiger partial charge in [0.1, 0.15) is 6.33 Å². The Hall–Kier alpha value is -2.14. The molecule has 0 aliphatic carbocycles. The Morgan fingerprint density at radius 2 is 2.05 bits per heavy atom. The number of halogens is 1. The highest BCUT2D eigenvalue weighted by atomic mass is 79.9. The average molecular weight is 331 g/mol. The van der Waals surface area contributed by atoms with Crippen molar-refractivity contribution in [2.24, 2.45) is 0 Å². The molecule has 0 fully saturated rings. The van der Waals surface area contributed by atoms with Gasteiger partial charge in [-0.25, -0.2) is 9.78 Å². The maximum atomic E-state index is 11.0. The van der Waals surface area contributed by atoms with Crippen molar-refractivity contribution in [3.8, 4) is 5.69 Å². The Balaban J connectivity index is 2.20. The molecule has 0 saturated heterocycles. The van der Waals surface area contributed by atoms with Crippen molar-refractivity contribution >= 4 is 32.9 Å². The molecule has 0 radical (unpaired) electrons. The van der Waals surface area contributed by atoms with Crippen molar-refractivity contribution in [1.82, 2.24) is 9.55 Å². The van der Waals surface area contributed by atoms with Crippen LogP contribution in [0.2, 0.25) is 0 Å². The molecule has 0 aliphatic rings. The van der Waals surface area contributed by atoms with Gasteiger partial charge in [-0.3, -0.25) is 4.57 Å². The van der Waals surface area contributed by atoms with Gasteiger partial charge >= 0.3 is 5.97 Å². The van der Waals surface area contributed by atoms with E-state index in [1.807, 2.05) is 29.7 Å². The zero-order valence-electron chi connectivity index (χ0n) is 10.7. The summed E-state index contributed by atoms with van der Waals surface area (Å²) in [6.07, 6.45) is 1.70. The van der Waals surface area contributed by atoms with Crippen molar-refractivity contribution in [2.45, 2.75) is 6.92 Å². The van der Waals surface area contributed by atoms with Crippen LogP contribution in [0.3, 0.4) is 0 Å². The molecular weight excluding hydrogens is 320 g/mol. The summed E-state index contributed by atoms with van der Waals surface area (Å²) < 4.78 is 2.91. The van der Waals surface area contributed by atoms with E-state index in [0.29, 0.717) is 5.52 Å². The van der Waals surface area contributed by atoms with Gasteiger partial charge in [-0.05, 0) is 58.7 Å². The first kappa shape index (κ1) is 12.9. The maximum Gasteiger partial charge on any atom is 0.335 e. The highest BCUT2D eigenvalue weighted by Gasteiger charge is 2.10. The first-order valence-corrected chi connectivity index (χ1v) is 6.82. The van der Waals surface area contributed by atoms with Gasteiger partial charge in [0.05, 0.1) is 22.3 Å². The lowest BCUT2D eigenvalue weighted by atomic mass is 10.2. The lowest BCUT2D eigenvalue weighted by molar-refractivity contribution is 0.0697. The molecule has 1 aromatic heterocycles. The Kier molecular flexibility index (Phi) is 3.06. The Bertz CT molecular complexity index is 824. The summed E-state index contributed by atoms with van der Waals surface area (Å²) in [5.41, 5.74) is 3.92. The van der Waals surface area contributed by atoms with E-state index in [0.717, 1.165) is 15.7 Å². The number of aryl methyl sites for hydroxylation is 1. The van der Waals surface area contributed by atoms with Crippen molar-refractivity contribution in [3.63, 3.8) is 0 Å². The average Bonchev–Trinajstić information content (AvgIpc) is 2.81. The largest absolute Gasteiger partial charge is 0.478 e. The fourth-order valence-corrected chi connectivity index (χ4v) is 2.83. The minimum atomic E-state index is -0.946. The number of aromatic carboxylic acids is 1. The number of benzene rings is 2. The van der Waals surface area contributed by atoms with Crippen LogP contribution in [0.15, 0.2) is 47.2 Å². The smallest absolute Gasteiger partial charge is 0.335 e. The quantitative estimate of drug-likeness (QED) is 0.777. The number of carboxylic acids is 1. The molecule has 100 valence electrons. The lowest BCUT2D eigenvalue weighted by Crippen LogP contribution is -1.97. The van der Waals surface area contributed by atoms with E-state index < -0.39 is 5.97 Å². The second kappa shape index (κ2) is 4.76. The van der Waals surface area contributed by atoms with E-state index >= 15 is 0 Å². The molecule has 2 aromatic carbocycles. The van der Waals surface area contributed by atoms with Gasteiger partial charge in [0.25, 0.3) is 0 Å². The van der Waals surface area contributed by atoms with Gasteiger partial charge in [0.2, 0.25) is 0 Å². The second-order valence-corrected chi connectivity index (χ2v) is 5.43. The van der Waals surface area contributed by atoms with E-state index in [9.17, 15) is 4.79 Å². The fraction of sp³-hybridized carbons (Fsp3) is 0.0667. The molecule has 0 amide bonds. The third-order valence-electron chi connectivity index (χ3n) is 3.16. The van der Waals surface area contributed by atoms with Crippen molar-refractivity contribution < 1.29 is 9.90 Å². The molecule has 1 heterocycles. The van der Waals surface area contributed by atoms with Crippen LogP contribution < -0.4 is 0 Å². The summed E-state index contributed by atoms with van der Waals surface area (Å²) in [6.45, 7) is 2.03. The molecule has 1 N–H and O–H groups in total. The summed E-state index contributed by atoms with van der Waals surface area (Å²) in [5.74, 6) is -0.946. The fourth-order valence-electron chi connectivity index (χ4n) is 2.14. The molecule has 0 saturated carbocycles. The number of carboxylic acid groups (broad SMARTS) is 1. The van der Waals surface area contributed by atoms with E-state index in [1.165, 1.54) is 5.56 Å². The predicted octanol–water partition coefficient (Wildman–Crippen LogP) is 3.79. The number of hydrogen-bond donors (Lipinski definition) is 1. The van der Waals surface area contributed by atoms with Crippen molar-refractivity contribution in [1.29, 1.82) is 0 Å². The van der Waals surface area contributed by atoms with E-state index in [-0.39, 0.29) is 5.56 Å². The lowest BCUT2D eigenvalue weighted by Gasteiger charge is -2.08. The standard InChI is InChI=1S/C15H11BrN2O2/c1-9-2-4-13(11(16)6-9)18-8-17-12-7-10(15(19)20)3-5-14(12)18/h2-8H,1H3,(H,19,20). The van der Waals surface area contributed by atoms with E-state index in [4.69, 9.17) is 5.11 Å². The minimum absolute atomic E-state index is 0.241. The Labute approximate surface area is 123 Å². The number of nitrogens with zero attached hydrogens (tertiary/aromatic N) is 2. The molecule has 0 atom stereocenters. The Morgan fingerprint density at radius 3 is 2.75 bits per heavy atom. The zero-order valence-corrected chi connectivity index (χ0v) is 12.3. The molecular formula is C15H11BrN2O2. The molecule has 3 aromatic rings. The van der Waals surface area contributed by atoms with Crippen LogP contribution in [0.25, 0.3) is 16.7 Å². The van der Waals surface area contributed by atoms with Crippen LogP contribution >= 0.6 is 15.9 Å². The second-order valence-electron chi connectivity index (χ2n) is 4.58. The summed E-state index contributed by atoms with van der Waals surface area (Å²) in [7, 11) is 0. The van der Waals surface area contributed by atoms with Crippen molar-refractivity contribution in [2.75, 3.05) is 0 Å². The van der Waals surface area contributed by atoms with Gasteiger partial charge in [-0.15, -0.1) is 0 Å². The summed E-state index contributed by atoms with van der Waals surface area (Å²) in [4.78, 5) is 15.3. The van der Waals surface area contributed by atoms with E-state index in [2.05, 4.69) is 20.9 Å². The van der Waals surface area contributed by atoms with E-state index in [1.54, 1.807) is 24.5 Å². The monoisotopic (exact) mass is 330 g/mol. The predicted molar refractivity (Wildman–Crippen MR) is 80.5 cm³/mol. The number of carbonyl (C=O) groups is 1. The van der Waals surface area contributed by atoms with Gasteiger partial charge in [0.15, 0.2) is 0 Å². The molecule has 0 spiro atoms. The summed E-state index contributed by atoms with van der Waals surface area (Å²) in [6, 6.07) is 11.0. The molecule has 0 aliphatic heterocycles. The van der Waals surface area contributed by atoms with Crippen LogP contribution in [0, 0.1) is 6.92 Å². The molecule has 5 heteroatoms. The van der Waals surface area contributed by atoms with Crippen LogP contribution in [0.4, 0.5) is 0 Å². The van der Waals surface area contributed by atoms with Crippen LogP contribution in [-0.4, -0.2) is 20.6 Å². The number of aromatic nitrogens is 2. The van der Waals surface area contributed by atoms with Gasteiger partial charge < -0.3 is 5.11 Å². The highest BCUT2D eigenvalue weighted by Crippen LogP contribution is 2.26. The van der Waals surface area contributed by atoms with Crippen LogP contribution in [-0.2, 0) is 0 Å². The van der Waals surface area contributed by atoms with Crippen LogP contribution in [0.1, 0.15) is 15.9 Å². The minimum Gasteiger partial charge on any atom is -0.478 e. The number of rotatable bonds is 2. The van der Waals surface area contributed by atoms with Gasteiger partial charge in [-0.1, -0.05) is 6.07 Å². The van der Waals surface area contributed by atoms with Gasteiger partial charge in [0, 0.05) is 4.47 Å². The number of hydrogen-bond acceptors (Lipinski definition) is 2. The van der Waals surface area contributed by atoms with Crippen LogP contribution in [0.5, 0.6) is 0 Å². The highest BCUT2D eigenvalue weighted by molar-refractivity contribution is 9.10. The first-order chi connectivity index (χ1) is 9.56. The first-order valence-electron chi connectivity index (χ1n) is 6.03. The molecule has 3 rings (SSSR count). The third kappa shape index (κ3) is 2.10. The third-order valence-corrected chi connectivity index (χ3v) is 3.79. The number of imidazole rings is 1. The topological polar surface area (TPSA) is 55.1 Å². The Morgan fingerprint density at radius 1 is 1.25 bits per heavy atom.